The van der Waals surface area contributed by atoms with Crippen LogP contribution in [0.5, 0.6) is 0 Å². The highest BCUT2D eigenvalue weighted by Gasteiger charge is 2.16. The van der Waals surface area contributed by atoms with E-state index < -0.39 is 28.8 Å². The number of urea groups is 1. The molecule has 1 atom stereocenters. The molecule has 4 nitrogen and oxygen atoms in total. The summed E-state index contributed by atoms with van der Waals surface area (Å²) >= 11 is 1.22. The van der Waals surface area contributed by atoms with Crippen LogP contribution in [0.4, 0.5) is 13.6 Å². The first kappa shape index (κ1) is 15.4. The van der Waals surface area contributed by atoms with Gasteiger partial charge in [0.05, 0.1) is 0 Å². The second-order valence-electron chi connectivity index (χ2n) is 3.81. The smallest absolute Gasteiger partial charge is 0.318 e. The van der Waals surface area contributed by atoms with Crippen LogP contribution in [0.15, 0.2) is 18.2 Å². The lowest BCUT2D eigenvalue weighted by atomic mass is 10.1. The molecule has 0 saturated heterocycles. The first-order valence-electron chi connectivity index (χ1n) is 5.56. The quantitative estimate of drug-likeness (QED) is 0.873. The summed E-state index contributed by atoms with van der Waals surface area (Å²) in [7, 11) is 0. The predicted molar refractivity (Wildman–Crippen MR) is 69.6 cm³/mol. The number of hydrogen-bond donors (Lipinski definition) is 2. The van der Waals surface area contributed by atoms with Crippen LogP contribution in [0.25, 0.3) is 0 Å². The number of nitrogens with two attached hydrogens (primary N) is 1. The normalized spacial score (nSPS) is 11.9. The summed E-state index contributed by atoms with van der Waals surface area (Å²) in [5, 5.41) is 1.49. The van der Waals surface area contributed by atoms with Gasteiger partial charge in [0.15, 0.2) is 0 Å². The zero-order valence-corrected chi connectivity index (χ0v) is 11.1. The molecule has 0 spiro atoms. The van der Waals surface area contributed by atoms with E-state index in [2.05, 4.69) is 0 Å². The molecule has 3 N–H and O–H groups in total. The minimum atomic E-state index is -0.914. The summed E-state index contributed by atoms with van der Waals surface area (Å²) in [6.07, 6.45) is 0.0496. The number of carbonyl (C=O) groups is 2. The second-order valence-corrected chi connectivity index (χ2v) is 5.26. The molecule has 7 heteroatoms. The van der Waals surface area contributed by atoms with Crippen LogP contribution < -0.4 is 11.1 Å². The van der Waals surface area contributed by atoms with Crippen molar-refractivity contribution in [2.24, 2.45) is 5.73 Å². The highest BCUT2D eigenvalue weighted by molar-refractivity contribution is 7.99. The number of rotatable bonds is 5. The molecule has 0 heterocycles. The average molecular weight is 288 g/mol. The van der Waals surface area contributed by atoms with Crippen LogP contribution in [0.3, 0.4) is 0 Å². The Morgan fingerprint density at radius 1 is 1.37 bits per heavy atom. The Labute approximate surface area is 113 Å². The number of halogens is 2. The molecule has 104 valence electrons. The summed E-state index contributed by atoms with van der Waals surface area (Å²) in [4.78, 5) is 21.5. The average Bonchev–Trinajstić information content (AvgIpc) is 2.27. The molecule has 0 aromatic heterocycles. The molecule has 0 radical (unpaired) electrons. The van der Waals surface area contributed by atoms with Crippen LogP contribution in [-0.4, -0.2) is 17.7 Å². The minimum Gasteiger partial charge on any atom is -0.351 e. The highest BCUT2D eigenvalue weighted by Crippen LogP contribution is 2.32. The van der Waals surface area contributed by atoms with Crippen molar-refractivity contribution in [2.75, 3.05) is 5.75 Å². The zero-order valence-electron chi connectivity index (χ0n) is 10.3. The minimum absolute atomic E-state index is 0.0113. The molecule has 0 bridgehead atoms. The molecule has 0 unspecified atom stereocenters. The Hall–Kier alpha value is -1.63. The molecule has 0 saturated carbocycles. The first-order chi connectivity index (χ1) is 8.91. The molecule has 0 aliphatic rings. The van der Waals surface area contributed by atoms with E-state index in [1.807, 2.05) is 5.32 Å². The number of benzene rings is 1. The maximum atomic E-state index is 13.5. The lowest BCUT2D eigenvalue weighted by molar-refractivity contribution is -0.119. The van der Waals surface area contributed by atoms with Gasteiger partial charge in [-0.1, -0.05) is 6.07 Å². The molecule has 0 aliphatic carbocycles. The fourth-order valence-corrected chi connectivity index (χ4v) is 2.56. The van der Waals surface area contributed by atoms with Gasteiger partial charge in [-0.15, -0.1) is 0 Å². The number of primary amides is 1. The summed E-state index contributed by atoms with van der Waals surface area (Å²) in [5.41, 5.74) is 4.77. The van der Waals surface area contributed by atoms with E-state index in [-0.39, 0.29) is 12.0 Å². The second kappa shape index (κ2) is 7.08. The molecule has 3 amide bonds. The van der Waals surface area contributed by atoms with E-state index in [0.29, 0.717) is 5.75 Å². The number of hydrogen-bond acceptors (Lipinski definition) is 3. The van der Waals surface area contributed by atoms with E-state index in [0.717, 1.165) is 0 Å². The maximum Gasteiger partial charge on any atom is 0.318 e. The third kappa shape index (κ3) is 4.86. The molecule has 1 aromatic carbocycles. The third-order valence-corrected chi connectivity index (χ3v) is 3.54. The van der Waals surface area contributed by atoms with Crippen molar-refractivity contribution in [1.29, 1.82) is 0 Å². The lowest BCUT2D eigenvalue weighted by Crippen LogP contribution is -2.35. The molecule has 0 aliphatic heterocycles. The molecular formula is C12H14F2N2O2S. The van der Waals surface area contributed by atoms with Crippen molar-refractivity contribution in [3.8, 4) is 0 Å². The predicted octanol–water partition coefficient (Wildman–Crippen LogP) is 2.34. The Morgan fingerprint density at radius 3 is 2.47 bits per heavy atom. The zero-order chi connectivity index (χ0) is 14.4. The van der Waals surface area contributed by atoms with Gasteiger partial charge in [0.25, 0.3) is 0 Å². The van der Waals surface area contributed by atoms with Gasteiger partial charge in [-0.05, 0) is 19.1 Å². The van der Waals surface area contributed by atoms with Crippen LogP contribution in [0, 0.1) is 11.6 Å². The number of amides is 3. The SMILES string of the molecule is C[C@H](SCCC(=O)NC(N)=O)c1c(F)cccc1F. The van der Waals surface area contributed by atoms with E-state index in [1.54, 1.807) is 6.92 Å². The van der Waals surface area contributed by atoms with Crippen molar-refractivity contribution in [1.82, 2.24) is 5.32 Å². The summed E-state index contributed by atoms with van der Waals surface area (Å²) in [6, 6.07) is 2.76. The summed E-state index contributed by atoms with van der Waals surface area (Å²) in [6.45, 7) is 1.65. The molecule has 1 aromatic rings. The van der Waals surface area contributed by atoms with Crippen LogP contribution in [0.1, 0.15) is 24.2 Å². The molecule has 19 heavy (non-hydrogen) atoms. The molecule has 0 fully saturated rings. The van der Waals surface area contributed by atoms with Gasteiger partial charge < -0.3 is 5.73 Å². The topological polar surface area (TPSA) is 72.2 Å². The van der Waals surface area contributed by atoms with Gasteiger partial charge >= 0.3 is 6.03 Å². The maximum absolute atomic E-state index is 13.5. The Balaban J connectivity index is 2.50. The van der Waals surface area contributed by atoms with Gasteiger partial charge in [0.2, 0.25) is 5.91 Å². The van der Waals surface area contributed by atoms with E-state index in [1.165, 1.54) is 30.0 Å². The Kier molecular flexibility index (Phi) is 5.75. The summed E-state index contributed by atoms with van der Waals surface area (Å²) in [5.74, 6) is -1.40. The fourth-order valence-electron chi connectivity index (χ4n) is 1.51. The number of nitrogens with one attached hydrogen (secondary N) is 1. The van der Waals surface area contributed by atoms with Crippen LogP contribution >= 0.6 is 11.8 Å². The summed E-state index contributed by atoms with van der Waals surface area (Å²) < 4.78 is 26.9. The number of carbonyl (C=O) groups excluding carboxylic acids is 2. The number of thioether (sulfide) groups is 1. The van der Waals surface area contributed by atoms with Crippen LogP contribution in [0.2, 0.25) is 0 Å². The fraction of sp³-hybridized carbons (Fsp3) is 0.333. The third-order valence-electron chi connectivity index (χ3n) is 2.37. The van der Waals surface area contributed by atoms with E-state index in [4.69, 9.17) is 5.73 Å². The lowest BCUT2D eigenvalue weighted by Gasteiger charge is -2.13. The van der Waals surface area contributed by atoms with Crippen molar-refractivity contribution >= 4 is 23.7 Å². The van der Waals surface area contributed by atoms with Crippen molar-refractivity contribution in [3.05, 3.63) is 35.4 Å². The van der Waals surface area contributed by atoms with Crippen LogP contribution in [-0.2, 0) is 4.79 Å². The number of imide groups is 1. The highest BCUT2D eigenvalue weighted by atomic mass is 32.2. The van der Waals surface area contributed by atoms with Crippen molar-refractivity contribution in [2.45, 2.75) is 18.6 Å². The monoisotopic (exact) mass is 288 g/mol. The van der Waals surface area contributed by atoms with Crippen molar-refractivity contribution < 1.29 is 18.4 Å². The van der Waals surface area contributed by atoms with Gasteiger partial charge in [0.1, 0.15) is 11.6 Å². The van der Waals surface area contributed by atoms with Gasteiger partial charge in [-0.2, -0.15) is 11.8 Å². The van der Waals surface area contributed by atoms with Gasteiger partial charge in [-0.25, -0.2) is 13.6 Å². The Morgan fingerprint density at radius 2 is 1.95 bits per heavy atom. The first-order valence-corrected chi connectivity index (χ1v) is 6.61. The molecular weight excluding hydrogens is 274 g/mol. The van der Waals surface area contributed by atoms with Gasteiger partial charge in [0, 0.05) is 23.0 Å². The molecule has 1 rings (SSSR count). The standard InChI is InChI=1S/C12H14F2N2O2S/c1-7(11-8(13)3-2-4-9(11)14)19-6-5-10(17)16-12(15)18/h2-4,7H,5-6H2,1H3,(H3,15,16,17,18)/t7-/m0/s1. The van der Waals surface area contributed by atoms with E-state index in [9.17, 15) is 18.4 Å². The van der Waals surface area contributed by atoms with Gasteiger partial charge in [-0.3, -0.25) is 10.1 Å². The van der Waals surface area contributed by atoms with E-state index >= 15 is 0 Å². The van der Waals surface area contributed by atoms with Crippen molar-refractivity contribution in [3.63, 3.8) is 0 Å². The Bertz CT molecular complexity index is 463. The largest absolute Gasteiger partial charge is 0.351 e.